The molecule has 4 N–H and O–H groups in total. The minimum absolute atomic E-state index is 0.0195. The molecule has 3 rings (SSSR count). The number of benzene rings is 1. The Balaban J connectivity index is 1.72. The number of carbonyl (C=O) groups is 2. The van der Waals surface area contributed by atoms with Crippen LogP contribution in [0.15, 0.2) is 24.3 Å². The van der Waals surface area contributed by atoms with Gasteiger partial charge in [0.05, 0.1) is 12.7 Å². The summed E-state index contributed by atoms with van der Waals surface area (Å²) < 4.78 is 18.9. The van der Waals surface area contributed by atoms with Crippen LogP contribution in [0.5, 0.6) is 0 Å². The Morgan fingerprint density at radius 3 is 2.47 bits per heavy atom. The highest BCUT2D eigenvalue weighted by Gasteiger charge is 2.60. The van der Waals surface area contributed by atoms with E-state index in [-0.39, 0.29) is 49.2 Å². The number of nitrogens with one attached hydrogen (secondary N) is 2. The van der Waals surface area contributed by atoms with Gasteiger partial charge in [-0.15, -0.1) is 0 Å². The fourth-order valence-corrected chi connectivity index (χ4v) is 6.25. The molecule has 2 fully saturated rings. The lowest BCUT2D eigenvalue weighted by Crippen LogP contribution is -2.61. The van der Waals surface area contributed by atoms with Crippen LogP contribution in [0.1, 0.15) is 65.4 Å². The van der Waals surface area contributed by atoms with Gasteiger partial charge in [0.15, 0.2) is 0 Å². The highest BCUT2D eigenvalue weighted by molar-refractivity contribution is 5.76. The van der Waals surface area contributed by atoms with Crippen LogP contribution in [0.4, 0.5) is 9.18 Å². The van der Waals surface area contributed by atoms with Crippen LogP contribution >= 0.6 is 0 Å². The van der Waals surface area contributed by atoms with Crippen molar-refractivity contribution in [2.75, 3.05) is 6.61 Å². The molecule has 0 spiro atoms. The first-order chi connectivity index (χ1) is 16.0. The monoisotopic (exact) mass is 478 g/mol. The summed E-state index contributed by atoms with van der Waals surface area (Å²) >= 11 is 0. The molecular weight excluding hydrogens is 439 g/mol. The van der Waals surface area contributed by atoms with Crippen LogP contribution in [-0.2, 0) is 16.1 Å². The van der Waals surface area contributed by atoms with Gasteiger partial charge in [-0.05, 0) is 74.5 Å². The van der Waals surface area contributed by atoms with Crippen molar-refractivity contribution in [2.45, 2.75) is 84.6 Å². The largest absolute Gasteiger partial charge is 0.446 e. The molecule has 0 radical (unpaired) electrons. The first kappa shape index (κ1) is 26.4. The molecule has 0 unspecified atom stereocenters. The lowest BCUT2D eigenvalue weighted by molar-refractivity contribution is -0.186. The van der Waals surface area contributed by atoms with Gasteiger partial charge in [-0.1, -0.05) is 26.0 Å². The number of alkyl carbamates (subject to hydrolysis) is 1. The van der Waals surface area contributed by atoms with Gasteiger partial charge in [-0.25, -0.2) is 9.18 Å². The van der Waals surface area contributed by atoms with E-state index in [1.165, 1.54) is 12.1 Å². The van der Waals surface area contributed by atoms with E-state index in [2.05, 4.69) is 17.6 Å². The third-order valence-electron chi connectivity index (χ3n) is 8.14. The molecule has 2 aliphatic carbocycles. The molecule has 1 aromatic carbocycles. The fourth-order valence-electron chi connectivity index (χ4n) is 6.25. The van der Waals surface area contributed by atoms with E-state index in [1.807, 2.05) is 20.8 Å². The second-order valence-corrected chi connectivity index (χ2v) is 10.8. The zero-order chi connectivity index (χ0) is 25.1. The number of halogens is 1. The number of aliphatic hydroxyl groups excluding tert-OH is 2. The van der Waals surface area contributed by atoms with Gasteiger partial charge in [-0.2, -0.15) is 0 Å². The summed E-state index contributed by atoms with van der Waals surface area (Å²) in [6, 6.07) is 5.92. The predicted octanol–water partition coefficient (Wildman–Crippen LogP) is 3.52. The molecule has 0 heterocycles. The highest BCUT2D eigenvalue weighted by Crippen LogP contribution is 2.61. The molecule has 0 aliphatic heterocycles. The smallest absolute Gasteiger partial charge is 0.407 e. The third kappa shape index (κ3) is 5.54. The van der Waals surface area contributed by atoms with Crippen molar-refractivity contribution in [1.29, 1.82) is 0 Å². The zero-order valence-corrected chi connectivity index (χ0v) is 20.6. The highest BCUT2D eigenvalue weighted by atomic mass is 19.1. The number of aliphatic hydroxyl groups is 2. The van der Waals surface area contributed by atoms with Gasteiger partial charge in [-0.3, -0.25) is 4.79 Å². The van der Waals surface area contributed by atoms with E-state index in [0.29, 0.717) is 25.7 Å². The minimum Gasteiger partial charge on any atom is -0.446 e. The Morgan fingerprint density at radius 1 is 1.18 bits per heavy atom. The number of ether oxygens (including phenoxy) is 1. The lowest BCUT2D eigenvalue weighted by Gasteiger charge is -2.60. The quantitative estimate of drug-likeness (QED) is 0.480. The Bertz CT molecular complexity index is 863. The number of rotatable bonds is 7. The van der Waals surface area contributed by atoms with Crippen molar-refractivity contribution >= 4 is 12.0 Å². The Hall–Kier alpha value is -2.19. The van der Waals surface area contributed by atoms with Crippen LogP contribution in [0.2, 0.25) is 0 Å². The van der Waals surface area contributed by atoms with Crippen molar-refractivity contribution in [1.82, 2.24) is 10.6 Å². The van der Waals surface area contributed by atoms with Crippen molar-refractivity contribution in [2.24, 2.45) is 22.7 Å². The summed E-state index contributed by atoms with van der Waals surface area (Å²) in [5.74, 6) is -0.798. The van der Waals surface area contributed by atoms with Crippen LogP contribution in [0.25, 0.3) is 0 Å². The Labute approximate surface area is 201 Å². The minimum atomic E-state index is -0.676. The van der Waals surface area contributed by atoms with Gasteiger partial charge in [0.1, 0.15) is 11.9 Å². The maximum Gasteiger partial charge on any atom is 0.407 e. The van der Waals surface area contributed by atoms with Crippen LogP contribution in [0.3, 0.4) is 0 Å². The molecule has 2 amide bonds. The molecule has 7 nitrogen and oxygen atoms in total. The number of fused-ring (bicyclic) bond motifs is 1. The van der Waals surface area contributed by atoms with Gasteiger partial charge in [0, 0.05) is 24.4 Å². The van der Waals surface area contributed by atoms with Gasteiger partial charge < -0.3 is 25.6 Å². The third-order valence-corrected chi connectivity index (χ3v) is 8.14. The molecule has 2 aliphatic rings. The second kappa shape index (κ2) is 10.6. The molecule has 0 bridgehead atoms. The average Bonchev–Trinajstić information content (AvgIpc) is 2.77. The van der Waals surface area contributed by atoms with E-state index in [9.17, 15) is 24.2 Å². The average molecular weight is 479 g/mol. The van der Waals surface area contributed by atoms with E-state index >= 15 is 0 Å². The van der Waals surface area contributed by atoms with Gasteiger partial charge in [0.25, 0.3) is 0 Å². The van der Waals surface area contributed by atoms with Crippen molar-refractivity contribution in [3.05, 3.63) is 35.6 Å². The van der Waals surface area contributed by atoms with Crippen LogP contribution < -0.4 is 10.6 Å². The second-order valence-electron chi connectivity index (χ2n) is 10.8. The van der Waals surface area contributed by atoms with Crippen molar-refractivity contribution in [3.63, 3.8) is 0 Å². The molecule has 6 atom stereocenters. The molecular formula is C26H39FN2O5. The number of hydrogen-bond donors (Lipinski definition) is 4. The normalized spacial score (nSPS) is 33.2. The standard InChI is InChI=1S/C26H39FN2O5/c1-16(2)29-24(33)34-22-11-12-25(3)19(20(31)9-10-21(25)26(22,4)15-30)13-23(32)28-14-17-5-7-18(27)8-6-17/h5-8,16,19-22,30-31H,9-15H2,1-4H3,(H,28,32)(H,29,33)/t19-,20-,21+,22-,25+,26+/m1/s1. The van der Waals surface area contributed by atoms with Crippen LogP contribution in [-0.4, -0.2) is 47.1 Å². The number of carbonyl (C=O) groups excluding carboxylic acids is 2. The van der Waals surface area contributed by atoms with Crippen molar-refractivity contribution in [3.8, 4) is 0 Å². The lowest BCUT2D eigenvalue weighted by atomic mass is 9.46. The summed E-state index contributed by atoms with van der Waals surface area (Å²) in [7, 11) is 0. The SMILES string of the molecule is CC(C)NC(=O)O[C@@H]1CC[C@]2(C)[C@H](CC[C@@H](O)[C@H]2CC(=O)NCc2ccc(F)cc2)[C@]1(C)CO. The summed E-state index contributed by atoms with van der Waals surface area (Å²) in [4.78, 5) is 25.1. The molecule has 34 heavy (non-hydrogen) atoms. The summed E-state index contributed by atoms with van der Waals surface area (Å²) in [6.45, 7) is 7.91. The van der Waals surface area contributed by atoms with E-state index in [4.69, 9.17) is 4.74 Å². The van der Waals surface area contributed by atoms with Crippen LogP contribution in [0, 0.1) is 28.5 Å². The predicted molar refractivity (Wildman–Crippen MR) is 126 cm³/mol. The fraction of sp³-hybridized carbons (Fsp3) is 0.692. The first-order valence-corrected chi connectivity index (χ1v) is 12.3. The maximum atomic E-state index is 13.1. The van der Waals surface area contributed by atoms with E-state index < -0.39 is 29.1 Å². The summed E-state index contributed by atoms with van der Waals surface area (Å²) in [6.07, 6.45) is 1.05. The molecule has 190 valence electrons. The Kier molecular flexibility index (Phi) is 8.24. The van der Waals surface area contributed by atoms with E-state index in [0.717, 1.165) is 5.56 Å². The topological polar surface area (TPSA) is 108 Å². The Morgan fingerprint density at radius 2 is 1.85 bits per heavy atom. The number of hydrogen-bond acceptors (Lipinski definition) is 5. The number of amides is 2. The zero-order valence-electron chi connectivity index (χ0n) is 20.6. The van der Waals surface area contributed by atoms with Crippen molar-refractivity contribution < 1.29 is 28.9 Å². The van der Waals surface area contributed by atoms with Gasteiger partial charge in [0.2, 0.25) is 5.91 Å². The first-order valence-electron chi connectivity index (χ1n) is 12.3. The van der Waals surface area contributed by atoms with E-state index in [1.54, 1.807) is 12.1 Å². The molecule has 1 aromatic rings. The molecule has 0 saturated heterocycles. The molecule has 8 heteroatoms. The summed E-state index contributed by atoms with van der Waals surface area (Å²) in [5, 5.41) is 27.0. The molecule has 2 saturated carbocycles. The van der Waals surface area contributed by atoms with Gasteiger partial charge >= 0.3 is 6.09 Å². The summed E-state index contributed by atoms with van der Waals surface area (Å²) in [5.41, 5.74) is -0.269. The maximum absolute atomic E-state index is 13.1. The molecule has 0 aromatic heterocycles.